The van der Waals surface area contributed by atoms with Crippen LogP contribution in [-0.2, 0) is 6.42 Å². The number of ketones is 1. The van der Waals surface area contributed by atoms with E-state index in [0.717, 1.165) is 6.07 Å². The van der Waals surface area contributed by atoms with Gasteiger partial charge in [-0.15, -0.1) is 0 Å². The van der Waals surface area contributed by atoms with Crippen molar-refractivity contribution in [2.24, 2.45) is 0 Å². The van der Waals surface area contributed by atoms with Crippen molar-refractivity contribution >= 4 is 5.78 Å². The first-order valence-electron chi connectivity index (χ1n) is 9.41. The minimum atomic E-state index is -0.940. The van der Waals surface area contributed by atoms with Crippen LogP contribution in [0.3, 0.4) is 0 Å². The lowest BCUT2D eigenvalue weighted by Gasteiger charge is -2.40. The molecule has 5 nitrogen and oxygen atoms in total. The van der Waals surface area contributed by atoms with Gasteiger partial charge in [0.15, 0.2) is 0 Å². The molecule has 0 spiro atoms. The van der Waals surface area contributed by atoms with E-state index >= 15 is 0 Å². The van der Waals surface area contributed by atoms with Gasteiger partial charge in [0, 0.05) is 23.6 Å². The average Bonchev–Trinajstić information content (AvgIpc) is 2.64. The van der Waals surface area contributed by atoms with Crippen molar-refractivity contribution in [1.82, 2.24) is 0 Å². The Kier molecular flexibility index (Phi) is 5.47. The maximum absolute atomic E-state index is 13.1. The van der Waals surface area contributed by atoms with E-state index < -0.39 is 17.5 Å². The van der Waals surface area contributed by atoms with Crippen molar-refractivity contribution in [3.63, 3.8) is 0 Å². The third-order valence-corrected chi connectivity index (χ3v) is 5.23. The molecule has 0 aromatic heterocycles. The summed E-state index contributed by atoms with van der Waals surface area (Å²) in [6.45, 7) is 5.79. The average molecular weight is 382 g/mol. The van der Waals surface area contributed by atoms with Crippen LogP contribution in [0.5, 0.6) is 17.2 Å². The molecule has 28 heavy (non-hydrogen) atoms. The summed E-state index contributed by atoms with van der Waals surface area (Å²) in [4.78, 5) is 13.1. The Balaban J connectivity index is 2.05. The Hall–Kier alpha value is -2.79. The first-order chi connectivity index (χ1) is 13.2. The van der Waals surface area contributed by atoms with Crippen LogP contribution in [0.25, 0.3) is 0 Å². The number of benzene rings is 2. The molecule has 2 atom stereocenters. The van der Waals surface area contributed by atoms with Crippen molar-refractivity contribution in [2.45, 2.75) is 51.7 Å². The molecular formula is C23H26O5. The highest BCUT2D eigenvalue weighted by molar-refractivity contribution is 6.13. The summed E-state index contributed by atoms with van der Waals surface area (Å²) < 4.78 is 6.13. The van der Waals surface area contributed by atoms with Crippen LogP contribution in [-0.4, -0.2) is 32.8 Å². The number of aromatic hydroxyl groups is 2. The van der Waals surface area contributed by atoms with Crippen LogP contribution in [0, 0.1) is 0 Å². The van der Waals surface area contributed by atoms with Crippen LogP contribution in [0.2, 0.25) is 0 Å². The van der Waals surface area contributed by atoms with E-state index in [1.807, 2.05) is 13.8 Å². The van der Waals surface area contributed by atoms with Crippen molar-refractivity contribution in [3.8, 4) is 17.2 Å². The number of carbonyl (C=O) groups is 1. The van der Waals surface area contributed by atoms with Crippen LogP contribution in [0.1, 0.15) is 55.1 Å². The Morgan fingerprint density at radius 3 is 2.54 bits per heavy atom. The molecule has 2 aromatic rings. The van der Waals surface area contributed by atoms with E-state index in [1.54, 1.807) is 37.3 Å². The summed E-state index contributed by atoms with van der Waals surface area (Å²) in [5.41, 5.74) is 0.991. The molecule has 3 rings (SSSR count). The molecule has 0 fully saturated rings. The lowest BCUT2D eigenvalue weighted by atomic mass is 9.83. The number of fused-ring (bicyclic) bond motifs is 1. The van der Waals surface area contributed by atoms with Gasteiger partial charge in [-0.05, 0) is 33.6 Å². The summed E-state index contributed by atoms with van der Waals surface area (Å²) in [5.74, 6) is -0.774. The van der Waals surface area contributed by atoms with E-state index in [-0.39, 0.29) is 29.2 Å². The minimum Gasteiger partial charge on any atom is -0.507 e. The molecule has 2 unspecified atom stereocenters. The molecule has 1 aliphatic rings. The Labute approximate surface area is 164 Å². The van der Waals surface area contributed by atoms with E-state index in [1.165, 1.54) is 5.57 Å². The Morgan fingerprint density at radius 1 is 1.21 bits per heavy atom. The smallest absolute Gasteiger partial charge is 0.200 e. The van der Waals surface area contributed by atoms with Gasteiger partial charge in [-0.25, -0.2) is 0 Å². The lowest BCUT2D eigenvalue weighted by molar-refractivity contribution is -0.0596. The molecule has 2 aromatic carbocycles. The zero-order valence-corrected chi connectivity index (χ0v) is 16.4. The second kappa shape index (κ2) is 7.68. The number of phenols is 2. The number of carbonyl (C=O) groups excluding carboxylic acids is 1. The van der Waals surface area contributed by atoms with Gasteiger partial charge < -0.3 is 20.1 Å². The van der Waals surface area contributed by atoms with Crippen LogP contribution < -0.4 is 4.74 Å². The second-order valence-corrected chi connectivity index (χ2v) is 7.75. The van der Waals surface area contributed by atoms with Crippen molar-refractivity contribution in [1.29, 1.82) is 0 Å². The highest BCUT2D eigenvalue weighted by Gasteiger charge is 2.42. The fourth-order valence-electron chi connectivity index (χ4n) is 3.51. The van der Waals surface area contributed by atoms with Crippen molar-refractivity contribution in [2.75, 3.05) is 0 Å². The number of phenolic OH excluding ortho intramolecular Hbond substituents is 2. The third-order valence-electron chi connectivity index (χ3n) is 5.23. The molecule has 0 amide bonds. The molecule has 3 N–H and O–H groups in total. The van der Waals surface area contributed by atoms with Gasteiger partial charge in [0.25, 0.3) is 0 Å². The molecule has 0 saturated heterocycles. The monoisotopic (exact) mass is 382 g/mol. The summed E-state index contributed by atoms with van der Waals surface area (Å²) in [5, 5.41) is 31.4. The highest BCUT2D eigenvalue weighted by Crippen LogP contribution is 2.46. The summed E-state index contributed by atoms with van der Waals surface area (Å²) in [7, 11) is 0. The number of allylic oxidation sites excluding steroid dienone is 2. The molecule has 148 valence electrons. The van der Waals surface area contributed by atoms with E-state index in [4.69, 9.17) is 4.74 Å². The van der Waals surface area contributed by atoms with Crippen LogP contribution >= 0.6 is 0 Å². The number of aliphatic hydroxyl groups excluding tert-OH is 1. The molecule has 0 aliphatic carbocycles. The first-order valence-corrected chi connectivity index (χ1v) is 9.41. The Bertz CT molecular complexity index is 912. The molecule has 5 heteroatoms. The summed E-state index contributed by atoms with van der Waals surface area (Å²) in [6.07, 6.45) is 2.60. The number of ether oxygens (including phenoxy) is 1. The lowest BCUT2D eigenvalue weighted by Crippen LogP contribution is -2.49. The highest BCUT2D eigenvalue weighted by atomic mass is 16.5. The van der Waals surface area contributed by atoms with E-state index in [0.29, 0.717) is 24.0 Å². The first kappa shape index (κ1) is 20.0. The number of rotatable bonds is 5. The van der Waals surface area contributed by atoms with Crippen molar-refractivity contribution in [3.05, 3.63) is 64.7 Å². The largest absolute Gasteiger partial charge is 0.507 e. The van der Waals surface area contributed by atoms with Gasteiger partial charge in [-0.2, -0.15) is 0 Å². The van der Waals surface area contributed by atoms with Gasteiger partial charge in [0.2, 0.25) is 5.78 Å². The third kappa shape index (κ3) is 3.76. The predicted molar refractivity (Wildman–Crippen MR) is 107 cm³/mol. The van der Waals surface area contributed by atoms with Gasteiger partial charge in [0.05, 0.1) is 6.10 Å². The van der Waals surface area contributed by atoms with Gasteiger partial charge in [0.1, 0.15) is 28.4 Å². The van der Waals surface area contributed by atoms with Gasteiger partial charge >= 0.3 is 0 Å². The zero-order valence-electron chi connectivity index (χ0n) is 16.4. The van der Waals surface area contributed by atoms with E-state index in [9.17, 15) is 20.1 Å². The fourth-order valence-corrected chi connectivity index (χ4v) is 3.51. The zero-order chi connectivity index (χ0) is 20.5. The molecular weight excluding hydrogens is 356 g/mol. The van der Waals surface area contributed by atoms with E-state index in [2.05, 4.69) is 6.08 Å². The van der Waals surface area contributed by atoms with Gasteiger partial charge in [-0.3, -0.25) is 4.79 Å². The van der Waals surface area contributed by atoms with Crippen molar-refractivity contribution < 1.29 is 24.9 Å². The second-order valence-electron chi connectivity index (χ2n) is 7.75. The molecule has 1 heterocycles. The minimum absolute atomic E-state index is 0.0133. The number of aliphatic hydroxyl groups is 1. The maximum Gasteiger partial charge on any atom is 0.200 e. The number of hydrogen-bond donors (Lipinski definition) is 3. The topological polar surface area (TPSA) is 87.0 Å². The quantitative estimate of drug-likeness (QED) is 0.535. The standard InChI is InChI=1S/C23H26O5/c1-14(2)8-7-11-23(3)19(26)12-16-17(24)13-18(25)20(22(16)28-23)21(27)15-9-5-4-6-10-15/h4-6,8-10,13,19,24-26H,7,11-12H2,1-3H3. The molecule has 0 radical (unpaired) electrons. The summed E-state index contributed by atoms with van der Waals surface area (Å²) >= 11 is 0. The maximum atomic E-state index is 13.1. The normalized spacial score (nSPS) is 20.8. The SMILES string of the molecule is CC(C)=CCCC1(C)Oc2c(c(O)cc(O)c2C(=O)c2ccccc2)CC1O. The predicted octanol–water partition coefficient (Wildman–Crippen LogP) is 4.13. The van der Waals surface area contributed by atoms with Gasteiger partial charge in [-0.1, -0.05) is 42.0 Å². The molecule has 0 saturated carbocycles. The molecule has 0 bridgehead atoms. The summed E-state index contributed by atoms with van der Waals surface area (Å²) in [6, 6.07) is 9.74. The van der Waals surface area contributed by atoms with Crippen LogP contribution in [0.4, 0.5) is 0 Å². The Morgan fingerprint density at radius 2 is 1.89 bits per heavy atom. The van der Waals surface area contributed by atoms with Crippen LogP contribution in [0.15, 0.2) is 48.0 Å². The fraction of sp³-hybridized carbons (Fsp3) is 0.348. The molecule has 1 aliphatic heterocycles. The number of hydrogen-bond acceptors (Lipinski definition) is 5.